The molecule has 0 saturated carbocycles. The minimum Gasteiger partial charge on any atom is -0.462 e. The van der Waals surface area contributed by atoms with E-state index in [1.807, 2.05) is 6.92 Å². The summed E-state index contributed by atoms with van der Waals surface area (Å²) in [5, 5.41) is 9.58. The van der Waals surface area contributed by atoms with Gasteiger partial charge in [-0.25, -0.2) is 0 Å². The molecule has 3 nitrogen and oxygen atoms in total. The number of esters is 1. The van der Waals surface area contributed by atoms with Crippen LogP contribution in [0.5, 0.6) is 0 Å². The fraction of sp³-hybridized carbons (Fsp3) is 0.929. The van der Waals surface area contributed by atoms with Crippen LogP contribution >= 0.6 is 0 Å². The number of hydrogen-bond donors (Lipinski definition) is 1. The number of ether oxygens (including phenoxy) is 1. The maximum absolute atomic E-state index is 12.0. The molecule has 0 amide bonds. The van der Waals surface area contributed by atoms with Crippen LogP contribution in [0.3, 0.4) is 0 Å². The van der Waals surface area contributed by atoms with Crippen LogP contribution in [0.2, 0.25) is 0 Å². The van der Waals surface area contributed by atoms with Crippen molar-refractivity contribution in [2.75, 3.05) is 0 Å². The number of rotatable bonds is 7. The van der Waals surface area contributed by atoms with E-state index >= 15 is 0 Å². The minimum absolute atomic E-state index is 0.00688. The molecule has 0 spiro atoms. The van der Waals surface area contributed by atoms with Gasteiger partial charge in [-0.3, -0.25) is 4.79 Å². The van der Waals surface area contributed by atoms with Crippen molar-refractivity contribution in [2.45, 2.75) is 77.9 Å². The van der Waals surface area contributed by atoms with E-state index in [0.29, 0.717) is 6.42 Å². The number of cyclic esters (lactones) is 1. The lowest BCUT2D eigenvalue weighted by atomic mass is 9.75. The van der Waals surface area contributed by atoms with Crippen LogP contribution in [0.4, 0.5) is 0 Å². The van der Waals surface area contributed by atoms with Gasteiger partial charge < -0.3 is 9.84 Å². The van der Waals surface area contributed by atoms with Crippen LogP contribution in [-0.2, 0) is 9.53 Å². The quantitative estimate of drug-likeness (QED) is 0.551. The van der Waals surface area contributed by atoms with Crippen molar-refractivity contribution in [1.29, 1.82) is 0 Å². The van der Waals surface area contributed by atoms with Crippen LogP contribution in [0.25, 0.3) is 0 Å². The molecule has 0 bridgehead atoms. The first kappa shape index (κ1) is 14.5. The van der Waals surface area contributed by atoms with Gasteiger partial charge in [-0.15, -0.1) is 0 Å². The second kappa shape index (κ2) is 6.39. The Bertz CT molecular complexity index is 250. The number of carbonyl (C=O) groups excluding carboxylic acids is 1. The Kier molecular flexibility index (Phi) is 5.44. The zero-order chi connectivity index (χ0) is 12.9. The Morgan fingerprint density at radius 2 is 2.18 bits per heavy atom. The lowest BCUT2D eigenvalue weighted by Gasteiger charge is -2.26. The summed E-state index contributed by atoms with van der Waals surface area (Å²) in [5.41, 5.74) is -0.415. The van der Waals surface area contributed by atoms with Gasteiger partial charge >= 0.3 is 5.97 Å². The van der Waals surface area contributed by atoms with Crippen LogP contribution < -0.4 is 0 Å². The predicted octanol–water partition coefficient (Wildman–Crippen LogP) is 3.05. The van der Waals surface area contributed by atoms with Gasteiger partial charge in [0.25, 0.3) is 0 Å². The molecule has 1 saturated heterocycles. The van der Waals surface area contributed by atoms with Crippen LogP contribution in [0.1, 0.15) is 65.7 Å². The first-order valence-corrected chi connectivity index (χ1v) is 6.89. The van der Waals surface area contributed by atoms with E-state index in [0.717, 1.165) is 19.3 Å². The molecule has 3 unspecified atom stereocenters. The van der Waals surface area contributed by atoms with Gasteiger partial charge in [0.2, 0.25) is 0 Å². The van der Waals surface area contributed by atoms with Gasteiger partial charge in [0.15, 0.2) is 0 Å². The van der Waals surface area contributed by atoms with Crippen molar-refractivity contribution in [2.24, 2.45) is 5.41 Å². The summed E-state index contributed by atoms with van der Waals surface area (Å²) in [4.78, 5) is 12.0. The van der Waals surface area contributed by atoms with E-state index in [-0.39, 0.29) is 12.1 Å². The molecule has 0 aromatic heterocycles. The molecule has 0 aromatic rings. The number of hydrogen-bond acceptors (Lipinski definition) is 3. The highest BCUT2D eigenvalue weighted by Crippen LogP contribution is 2.42. The highest BCUT2D eigenvalue weighted by atomic mass is 16.6. The van der Waals surface area contributed by atoms with Gasteiger partial charge in [-0.05, 0) is 26.7 Å². The van der Waals surface area contributed by atoms with Crippen molar-refractivity contribution < 1.29 is 14.6 Å². The van der Waals surface area contributed by atoms with E-state index in [1.165, 1.54) is 19.3 Å². The summed E-state index contributed by atoms with van der Waals surface area (Å²) in [7, 11) is 0. The smallest absolute Gasteiger partial charge is 0.312 e. The van der Waals surface area contributed by atoms with E-state index in [4.69, 9.17) is 4.74 Å². The molecule has 3 heteroatoms. The van der Waals surface area contributed by atoms with E-state index in [1.54, 1.807) is 6.92 Å². The predicted molar refractivity (Wildman–Crippen MR) is 67.7 cm³/mol. The first-order valence-electron chi connectivity index (χ1n) is 6.89. The number of aliphatic hydroxyl groups excluding tert-OH is 1. The Balaban J connectivity index is 2.57. The van der Waals surface area contributed by atoms with Gasteiger partial charge in [0.05, 0.1) is 11.5 Å². The highest BCUT2D eigenvalue weighted by Gasteiger charge is 2.47. The van der Waals surface area contributed by atoms with Crippen LogP contribution in [0.15, 0.2) is 0 Å². The third-order valence-electron chi connectivity index (χ3n) is 3.61. The van der Waals surface area contributed by atoms with E-state index in [2.05, 4.69) is 6.92 Å². The number of aliphatic hydroxyl groups is 1. The Morgan fingerprint density at radius 1 is 1.47 bits per heavy atom. The number of unbranched alkanes of at least 4 members (excludes halogenated alkanes) is 3. The average molecular weight is 242 g/mol. The molecule has 1 N–H and O–H groups in total. The molecular formula is C14H26O3. The molecule has 17 heavy (non-hydrogen) atoms. The molecule has 100 valence electrons. The fourth-order valence-electron chi connectivity index (χ4n) is 2.91. The molecule has 1 fully saturated rings. The largest absolute Gasteiger partial charge is 0.462 e. The third-order valence-corrected chi connectivity index (χ3v) is 3.61. The SMILES string of the molecule is CCCCCCC1(CC(C)O)CC(C)OC1=O. The molecular weight excluding hydrogens is 216 g/mol. The van der Waals surface area contributed by atoms with Gasteiger partial charge in [-0.2, -0.15) is 0 Å². The van der Waals surface area contributed by atoms with Crippen LogP contribution in [-0.4, -0.2) is 23.3 Å². The molecule has 1 rings (SSSR count). The molecule has 0 aromatic carbocycles. The summed E-state index contributed by atoms with van der Waals surface area (Å²) in [6.07, 6.45) is 6.39. The summed E-state index contributed by atoms with van der Waals surface area (Å²) in [6.45, 7) is 5.87. The fourth-order valence-corrected chi connectivity index (χ4v) is 2.91. The minimum atomic E-state index is -0.431. The summed E-state index contributed by atoms with van der Waals surface area (Å²) in [5.74, 6) is -0.0950. The maximum atomic E-state index is 12.0. The highest BCUT2D eigenvalue weighted by molar-refractivity contribution is 5.79. The summed E-state index contributed by atoms with van der Waals surface area (Å²) in [6, 6.07) is 0. The molecule has 0 radical (unpaired) electrons. The maximum Gasteiger partial charge on any atom is 0.312 e. The van der Waals surface area contributed by atoms with E-state index in [9.17, 15) is 9.90 Å². The Morgan fingerprint density at radius 3 is 2.65 bits per heavy atom. The third kappa shape index (κ3) is 3.98. The summed E-state index contributed by atoms with van der Waals surface area (Å²) >= 11 is 0. The van der Waals surface area contributed by atoms with Crippen molar-refractivity contribution in [3.05, 3.63) is 0 Å². The monoisotopic (exact) mass is 242 g/mol. The second-order valence-corrected chi connectivity index (χ2v) is 5.56. The van der Waals surface area contributed by atoms with E-state index < -0.39 is 11.5 Å². The standard InChI is InChI=1S/C14H26O3/c1-4-5-6-7-8-14(9-11(2)15)10-12(3)17-13(14)16/h11-12,15H,4-10H2,1-3H3. The second-order valence-electron chi connectivity index (χ2n) is 5.56. The molecule has 3 atom stereocenters. The van der Waals surface area contributed by atoms with Gasteiger partial charge in [0.1, 0.15) is 6.10 Å². The Labute approximate surface area is 105 Å². The average Bonchev–Trinajstić information content (AvgIpc) is 2.48. The summed E-state index contributed by atoms with van der Waals surface area (Å²) < 4.78 is 5.29. The Hall–Kier alpha value is -0.570. The normalized spacial score (nSPS) is 30.4. The van der Waals surface area contributed by atoms with Crippen molar-refractivity contribution >= 4 is 5.97 Å². The molecule has 0 aliphatic carbocycles. The molecule has 1 aliphatic heterocycles. The molecule has 1 aliphatic rings. The zero-order valence-electron chi connectivity index (χ0n) is 11.4. The lowest BCUT2D eigenvalue weighted by molar-refractivity contribution is -0.150. The van der Waals surface area contributed by atoms with Crippen molar-refractivity contribution in [3.8, 4) is 0 Å². The van der Waals surface area contributed by atoms with Crippen LogP contribution in [0, 0.1) is 5.41 Å². The number of carbonyl (C=O) groups is 1. The topological polar surface area (TPSA) is 46.5 Å². The first-order chi connectivity index (χ1) is 8.00. The van der Waals surface area contributed by atoms with Gasteiger partial charge in [-0.1, -0.05) is 32.6 Å². The van der Waals surface area contributed by atoms with Gasteiger partial charge in [0, 0.05) is 6.42 Å². The van der Waals surface area contributed by atoms with Crippen molar-refractivity contribution in [1.82, 2.24) is 0 Å². The van der Waals surface area contributed by atoms with Crippen molar-refractivity contribution in [3.63, 3.8) is 0 Å². The molecule has 1 heterocycles. The zero-order valence-corrected chi connectivity index (χ0v) is 11.4. The lowest BCUT2D eigenvalue weighted by Crippen LogP contribution is -2.30.